The Morgan fingerprint density at radius 3 is 1.67 bits per heavy atom. The summed E-state index contributed by atoms with van der Waals surface area (Å²) in [5.41, 5.74) is 0. The summed E-state index contributed by atoms with van der Waals surface area (Å²) in [7, 11) is 0. The van der Waals surface area contributed by atoms with E-state index >= 15 is 0 Å². The predicted octanol–water partition coefficient (Wildman–Crippen LogP) is 1.73. The van der Waals surface area contributed by atoms with Gasteiger partial charge in [0.15, 0.2) is 0 Å². The Balaban J connectivity index is 0. The third-order valence-corrected chi connectivity index (χ3v) is 6.81. The number of hydrogen-bond acceptors (Lipinski definition) is 4. The van der Waals surface area contributed by atoms with Gasteiger partial charge in [-0.1, -0.05) is 0 Å². The molecular formula is C16H28O4Sn. The van der Waals surface area contributed by atoms with Crippen LogP contribution in [0.5, 0.6) is 0 Å². The summed E-state index contributed by atoms with van der Waals surface area (Å²) in [6.07, 6.45) is 12.6. The van der Waals surface area contributed by atoms with Crippen LogP contribution in [0.4, 0.5) is 0 Å². The Morgan fingerprint density at radius 2 is 1.19 bits per heavy atom. The zero-order chi connectivity index (χ0) is 16.3. The molecule has 120 valence electrons. The van der Waals surface area contributed by atoms with Crippen molar-refractivity contribution in [3.05, 3.63) is 12.2 Å². The molecule has 0 bridgehead atoms. The molecule has 0 spiro atoms. The first-order valence-corrected chi connectivity index (χ1v) is 11.9. The summed E-state index contributed by atoms with van der Waals surface area (Å²) < 4.78 is 3.28. The van der Waals surface area contributed by atoms with Crippen molar-refractivity contribution in [3.8, 4) is 0 Å². The topological polar surface area (TPSA) is 80.3 Å². The Morgan fingerprint density at radius 1 is 0.762 bits per heavy atom. The average molecular weight is 403 g/mol. The van der Waals surface area contributed by atoms with Gasteiger partial charge in [-0.2, -0.15) is 0 Å². The molecule has 0 aromatic heterocycles. The van der Waals surface area contributed by atoms with Gasteiger partial charge in [-0.05, 0) is 12.2 Å². The third-order valence-electron chi connectivity index (χ3n) is 2.77. The molecule has 0 aliphatic heterocycles. The van der Waals surface area contributed by atoms with Gasteiger partial charge in [-0.3, -0.25) is 0 Å². The number of carbonyl (C=O) groups is 2. The number of aliphatic carboxylic acids is 2. The van der Waals surface area contributed by atoms with E-state index in [0.717, 1.165) is 0 Å². The second-order valence-corrected chi connectivity index (χ2v) is 9.12. The smallest absolute Gasteiger partial charge is 0.0643 e. The van der Waals surface area contributed by atoms with E-state index in [4.69, 9.17) is 0 Å². The van der Waals surface area contributed by atoms with Gasteiger partial charge >= 0.3 is 95.2 Å². The zero-order valence-corrected chi connectivity index (χ0v) is 16.2. The molecule has 0 atom stereocenters. The summed E-state index contributed by atoms with van der Waals surface area (Å²) >= 11 is 0.112. The van der Waals surface area contributed by atoms with Gasteiger partial charge in [0.2, 0.25) is 0 Å². The maximum absolute atomic E-state index is 9.41. The molecule has 4 nitrogen and oxygen atoms in total. The molecule has 0 saturated carbocycles. The number of carboxylic acids is 2. The molecule has 21 heavy (non-hydrogen) atoms. The number of rotatable bonds is 12. The molecule has 5 heteroatoms. The van der Waals surface area contributed by atoms with Crippen LogP contribution in [0.2, 0.25) is 8.87 Å². The van der Waals surface area contributed by atoms with Crippen LogP contribution in [-0.2, 0) is 9.59 Å². The largest absolute Gasteiger partial charge is 0.545 e. The minimum absolute atomic E-state index is 0.112. The summed E-state index contributed by atoms with van der Waals surface area (Å²) in [5, 5.41) is 18.8. The first kappa shape index (κ1) is 22.8. The van der Waals surface area contributed by atoms with Crippen molar-refractivity contribution < 1.29 is 19.8 Å². The van der Waals surface area contributed by atoms with Crippen LogP contribution in [0.15, 0.2) is 12.2 Å². The van der Waals surface area contributed by atoms with Crippen molar-refractivity contribution in [1.29, 1.82) is 0 Å². The van der Waals surface area contributed by atoms with Gasteiger partial charge in [-0.15, -0.1) is 0 Å². The summed E-state index contributed by atoms with van der Waals surface area (Å²) in [4.78, 5) is 18.8. The summed E-state index contributed by atoms with van der Waals surface area (Å²) in [6.45, 7) is 4.60. The molecule has 0 radical (unpaired) electrons. The number of unbranched alkanes of at least 4 members (excludes halogenated alkanes) is 6. The van der Waals surface area contributed by atoms with E-state index in [9.17, 15) is 19.8 Å². The third kappa shape index (κ3) is 28.4. The van der Waals surface area contributed by atoms with Gasteiger partial charge < -0.3 is 19.8 Å². The fourth-order valence-electron chi connectivity index (χ4n) is 1.59. The van der Waals surface area contributed by atoms with Gasteiger partial charge in [-0.25, -0.2) is 0 Å². The molecule has 0 aliphatic carbocycles. The maximum Gasteiger partial charge on any atom is 0.0643 e. The molecule has 0 rings (SSSR count). The van der Waals surface area contributed by atoms with E-state index in [0.29, 0.717) is 12.2 Å². The van der Waals surface area contributed by atoms with Crippen LogP contribution in [-0.4, -0.2) is 33.1 Å². The molecule has 0 aliphatic rings. The Kier molecular flexibility index (Phi) is 21.1. The molecule has 0 amide bonds. The van der Waals surface area contributed by atoms with Crippen LogP contribution < -0.4 is 10.2 Å². The van der Waals surface area contributed by atoms with E-state index in [-0.39, 0.29) is 21.1 Å². The first-order valence-electron chi connectivity index (χ1n) is 7.85. The Bertz CT molecular complexity index is 251. The van der Waals surface area contributed by atoms with Gasteiger partial charge in [0.05, 0.1) is 11.9 Å². The van der Waals surface area contributed by atoms with Crippen molar-refractivity contribution in [3.63, 3.8) is 0 Å². The number of carbonyl (C=O) groups excluding carboxylic acids is 2. The minimum Gasteiger partial charge on any atom is -0.545 e. The first-order chi connectivity index (χ1) is 10.0. The van der Waals surface area contributed by atoms with Crippen molar-refractivity contribution in [2.75, 3.05) is 0 Å². The van der Waals surface area contributed by atoms with Crippen LogP contribution in [0.25, 0.3) is 0 Å². The molecule has 0 aromatic carbocycles. The van der Waals surface area contributed by atoms with Crippen LogP contribution >= 0.6 is 0 Å². The van der Waals surface area contributed by atoms with E-state index < -0.39 is 11.9 Å². The van der Waals surface area contributed by atoms with Crippen molar-refractivity contribution in [2.45, 2.75) is 74.1 Å². The number of carboxylic acid groups (broad SMARTS) is 2. The molecule has 0 saturated heterocycles. The van der Waals surface area contributed by atoms with E-state index in [2.05, 4.69) is 13.8 Å². The van der Waals surface area contributed by atoms with E-state index in [1.165, 1.54) is 44.9 Å². The second kappa shape index (κ2) is 19.5. The number of hydrogen-bond donors (Lipinski definition) is 0. The molecule has 0 heterocycles. The molecular weight excluding hydrogens is 375 g/mol. The van der Waals surface area contributed by atoms with Gasteiger partial charge in [0, 0.05) is 0 Å². The average Bonchev–Trinajstić information content (AvgIpc) is 2.44. The van der Waals surface area contributed by atoms with Crippen LogP contribution in [0, 0.1) is 0 Å². The summed E-state index contributed by atoms with van der Waals surface area (Å²) in [6, 6.07) is 0. The summed E-state index contributed by atoms with van der Waals surface area (Å²) in [5.74, 6) is -3.09. The van der Waals surface area contributed by atoms with Crippen molar-refractivity contribution in [2.24, 2.45) is 0 Å². The fourth-order valence-corrected chi connectivity index (χ4v) is 5.46. The van der Waals surface area contributed by atoms with Crippen LogP contribution in [0.3, 0.4) is 0 Å². The van der Waals surface area contributed by atoms with Crippen molar-refractivity contribution >= 4 is 33.1 Å². The predicted molar refractivity (Wildman–Crippen MR) is 82.8 cm³/mol. The Labute approximate surface area is 139 Å². The molecule has 0 fully saturated rings. The molecule has 0 unspecified atom stereocenters. The Hall–Kier alpha value is -0.521. The quantitative estimate of drug-likeness (QED) is 0.283. The monoisotopic (exact) mass is 404 g/mol. The second-order valence-electron chi connectivity index (χ2n) is 4.84. The molecule has 0 N–H and O–H groups in total. The van der Waals surface area contributed by atoms with E-state index in [1.54, 1.807) is 15.3 Å². The van der Waals surface area contributed by atoms with E-state index in [1.807, 2.05) is 0 Å². The fraction of sp³-hybridized carbons (Fsp3) is 0.750. The van der Waals surface area contributed by atoms with Crippen molar-refractivity contribution in [1.82, 2.24) is 0 Å². The minimum atomic E-state index is -1.55. The zero-order valence-electron chi connectivity index (χ0n) is 13.4. The van der Waals surface area contributed by atoms with Gasteiger partial charge in [0.1, 0.15) is 0 Å². The van der Waals surface area contributed by atoms with Crippen LogP contribution in [0.1, 0.15) is 65.2 Å². The SMILES string of the molecule is CCCCCCC[CH2][Sn+2][CH2]CCC.O=C([O-])/C=C\C(=O)[O-]. The standard InChI is InChI=1S/C8H17.C4H4O4.C4H9.Sn/c1-3-5-7-8-6-4-2;5-3(6)1-2-4(7)8;1-3-4-2;/h1,3-8H2,2H3;1-2H,(H,5,6)(H,7,8);1,3-4H2,2H3;/q;;;+2/p-2/b;2-1-;;. The normalized spacial score (nSPS) is 9.81. The van der Waals surface area contributed by atoms with Gasteiger partial charge in [0.25, 0.3) is 0 Å². The maximum atomic E-state index is 9.41. The molecule has 0 aromatic rings.